The summed E-state index contributed by atoms with van der Waals surface area (Å²) in [7, 11) is 0. The Labute approximate surface area is 141 Å². The van der Waals surface area contributed by atoms with Gasteiger partial charge >= 0.3 is 6.03 Å². The van der Waals surface area contributed by atoms with Gasteiger partial charge in [-0.05, 0) is 42.7 Å². The molecule has 0 aromatic heterocycles. The smallest absolute Gasteiger partial charge is 0.317 e. The zero-order valence-corrected chi connectivity index (χ0v) is 14.4. The van der Waals surface area contributed by atoms with Crippen molar-refractivity contribution in [3.8, 4) is 0 Å². The fourth-order valence-electron chi connectivity index (χ4n) is 2.77. The number of likely N-dealkylation sites (tertiary alicyclic amines) is 1. The fourth-order valence-corrected chi connectivity index (χ4v) is 3.64. The second kappa shape index (κ2) is 8.65. The molecule has 2 N–H and O–H groups in total. The first-order valence-electron chi connectivity index (χ1n) is 7.56. The first kappa shape index (κ1) is 17.4. The maximum atomic E-state index is 12.2. The van der Waals surface area contributed by atoms with Crippen LogP contribution in [0.3, 0.4) is 0 Å². The fraction of sp³-hybridized carbons (Fsp3) is 0.562. The number of benzene rings is 1. The molecule has 2 atom stereocenters. The Morgan fingerprint density at radius 2 is 2.41 bits per heavy atom. The molecule has 4 nitrogen and oxygen atoms in total. The molecule has 1 fully saturated rings. The summed E-state index contributed by atoms with van der Waals surface area (Å²) in [5, 5.41) is 12.9. The van der Waals surface area contributed by atoms with Crippen molar-refractivity contribution in [2.45, 2.75) is 18.1 Å². The average Bonchev–Trinajstić information content (AvgIpc) is 2.97. The van der Waals surface area contributed by atoms with Gasteiger partial charge in [-0.25, -0.2) is 4.79 Å². The van der Waals surface area contributed by atoms with Gasteiger partial charge in [-0.2, -0.15) is 11.8 Å². The normalized spacial score (nSPS) is 19.2. The predicted molar refractivity (Wildman–Crippen MR) is 92.5 cm³/mol. The van der Waals surface area contributed by atoms with E-state index in [1.807, 2.05) is 35.4 Å². The first-order valence-corrected chi connectivity index (χ1v) is 9.22. The molecule has 0 radical (unpaired) electrons. The van der Waals surface area contributed by atoms with Crippen LogP contribution in [-0.2, 0) is 0 Å². The molecule has 1 heterocycles. The van der Waals surface area contributed by atoms with E-state index in [1.165, 1.54) is 0 Å². The van der Waals surface area contributed by atoms with Gasteiger partial charge in [0, 0.05) is 36.5 Å². The number of carbonyl (C=O) groups is 1. The maximum Gasteiger partial charge on any atom is 0.317 e. The quantitative estimate of drug-likeness (QED) is 0.835. The van der Waals surface area contributed by atoms with Gasteiger partial charge in [-0.1, -0.05) is 23.7 Å². The lowest BCUT2D eigenvalue weighted by atomic mass is 10.1. The van der Waals surface area contributed by atoms with Crippen LogP contribution in [0.25, 0.3) is 0 Å². The summed E-state index contributed by atoms with van der Waals surface area (Å²) in [6.07, 6.45) is 3.79. The number of aliphatic hydroxyl groups excluding tert-OH is 1. The molecule has 2 amide bonds. The Kier molecular flexibility index (Phi) is 6.86. The van der Waals surface area contributed by atoms with E-state index in [0.29, 0.717) is 17.5 Å². The van der Waals surface area contributed by atoms with E-state index in [1.54, 1.807) is 11.8 Å². The number of nitrogens with one attached hydrogen (secondary N) is 1. The number of rotatable bonds is 6. The van der Waals surface area contributed by atoms with Crippen LogP contribution in [0, 0.1) is 5.92 Å². The number of nitrogens with zero attached hydrogens (tertiary/aromatic N) is 1. The third-order valence-electron chi connectivity index (χ3n) is 4.05. The predicted octanol–water partition coefficient (Wildman–Crippen LogP) is 3.16. The van der Waals surface area contributed by atoms with Crippen LogP contribution >= 0.6 is 23.4 Å². The zero-order valence-electron chi connectivity index (χ0n) is 12.8. The summed E-state index contributed by atoms with van der Waals surface area (Å²) in [6.45, 7) is 2.30. The van der Waals surface area contributed by atoms with Gasteiger partial charge < -0.3 is 15.3 Å². The van der Waals surface area contributed by atoms with E-state index in [9.17, 15) is 4.79 Å². The highest BCUT2D eigenvalue weighted by Crippen LogP contribution is 2.28. The number of halogens is 1. The minimum Gasteiger partial charge on any atom is -0.396 e. The molecule has 0 unspecified atom stereocenters. The Bertz CT molecular complexity index is 501. The lowest BCUT2D eigenvalue weighted by Gasteiger charge is -2.21. The zero-order chi connectivity index (χ0) is 15.9. The second-order valence-corrected chi connectivity index (χ2v) is 7.06. The molecule has 1 aliphatic rings. The molecule has 1 aliphatic heterocycles. The van der Waals surface area contributed by atoms with Crippen LogP contribution in [0.4, 0.5) is 4.79 Å². The number of hydrogen-bond donors (Lipinski definition) is 2. The third-order valence-corrected chi connectivity index (χ3v) is 5.30. The summed E-state index contributed by atoms with van der Waals surface area (Å²) >= 11 is 7.73. The molecule has 0 bridgehead atoms. The largest absolute Gasteiger partial charge is 0.396 e. The lowest BCUT2D eigenvalue weighted by molar-refractivity contribution is 0.204. The average molecular weight is 343 g/mol. The third kappa shape index (κ3) is 4.80. The molecule has 0 spiro atoms. The van der Waals surface area contributed by atoms with Gasteiger partial charge in [0.15, 0.2) is 0 Å². The topological polar surface area (TPSA) is 52.6 Å². The molecular weight excluding hydrogens is 320 g/mol. The molecular formula is C16H23ClN2O2S. The molecule has 1 saturated heterocycles. The van der Waals surface area contributed by atoms with Crippen LogP contribution in [0.2, 0.25) is 5.02 Å². The SMILES string of the molecule is CS[C@@H](CNC(=O)N1CC[C@H](CCO)C1)c1cccc(Cl)c1. The van der Waals surface area contributed by atoms with Crippen LogP contribution in [0.15, 0.2) is 24.3 Å². The highest BCUT2D eigenvalue weighted by atomic mass is 35.5. The van der Waals surface area contributed by atoms with E-state index in [4.69, 9.17) is 16.7 Å². The van der Waals surface area contributed by atoms with E-state index in [2.05, 4.69) is 5.32 Å². The Morgan fingerprint density at radius 1 is 1.59 bits per heavy atom. The van der Waals surface area contributed by atoms with Crippen molar-refractivity contribution in [3.05, 3.63) is 34.9 Å². The van der Waals surface area contributed by atoms with E-state index < -0.39 is 0 Å². The van der Waals surface area contributed by atoms with Crippen molar-refractivity contribution < 1.29 is 9.90 Å². The van der Waals surface area contributed by atoms with Gasteiger partial charge in [-0.15, -0.1) is 0 Å². The molecule has 0 saturated carbocycles. The van der Waals surface area contributed by atoms with Gasteiger partial charge in [0.2, 0.25) is 0 Å². The summed E-state index contributed by atoms with van der Waals surface area (Å²) in [5.74, 6) is 0.431. The first-order chi connectivity index (χ1) is 10.6. The van der Waals surface area contributed by atoms with E-state index in [-0.39, 0.29) is 17.9 Å². The number of hydrogen-bond acceptors (Lipinski definition) is 3. The number of carbonyl (C=O) groups excluding carboxylic acids is 1. The van der Waals surface area contributed by atoms with Crippen molar-refractivity contribution in [1.29, 1.82) is 0 Å². The molecule has 1 aromatic carbocycles. The molecule has 2 rings (SSSR count). The van der Waals surface area contributed by atoms with Gasteiger partial charge in [0.1, 0.15) is 0 Å². The highest BCUT2D eigenvalue weighted by Gasteiger charge is 2.26. The van der Waals surface area contributed by atoms with Crippen LogP contribution in [-0.4, -0.2) is 48.5 Å². The van der Waals surface area contributed by atoms with Crippen LogP contribution in [0.5, 0.6) is 0 Å². The Hall–Kier alpha value is -0.910. The van der Waals surface area contributed by atoms with Crippen molar-refractivity contribution >= 4 is 29.4 Å². The molecule has 0 aliphatic carbocycles. The maximum absolute atomic E-state index is 12.2. The molecule has 1 aromatic rings. The summed E-state index contributed by atoms with van der Waals surface area (Å²) in [6, 6.07) is 7.75. The second-order valence-electron chi connectivity index (χ2n) is 5.58. The number of urea groups is 1. The van der Waals surface area contributed by atoms with Gasteiger partial charge in [0.25, 0.3) is 0 Å². The number of aliphatic hydroxyl groups is 1. The number of thioether (sulfide) groups is 1. The van der Waals surface area contributed by atoms with Gasteiger partial charge in [-0.3, -0.25) is 0 Å². The minimum atomic E-state index is -0.0125. The van der Waals surface area contributed by atoms with E-state index >= 15 is 0 Å². The van der Waals surface area contributed by atoms with Crippen LogP contribution < -0.4 is 5.32 Å². The van der Waals surface area contributed by atoms with Crippen molar-refractivity contribution in [2.75, 3.05) is 32.5 Å². The summed E-state index contributed by atoms with van der Waals surface area (Å²) in [4.78, 5) is 14.1. The molecule has 122 valence electrons. The monoisotopic (exact) mass is 342 g/mol. The summed E-state index contributed by atoms with van der Waals surface area (Å²) < 4.78 is 0. The van der Waals surface area contributed by atoms with Gasteiger partial charge in [0.05, 0.1) is 0 Å². The standard InChI is InChI=1S/C16H23ClN2O2S/c1-22-15(13-3-2-4-14(17)9-13)10-18-16(21)19-7-5-12(11-19)6-8-20/h2-4,9,12,15,20H,5-8,10-11H2,1H3,(H,18,21)/t12-,15+/m1/s1. The lowest BCUT2D eigenvalue weighted by Crippen LogP contribution is -2.40. The minimum absolute atomic E-state index is 0.0125. The highest BCUT2D eigenvalue weighted by molar-refractivity contribution is 7.98. The molecule has 6 heteroatoms. The van der Waals surface area contributed by atoms with Crippen molar-refractivity contribution in [2.24, 2.45) is 5.92 Å². The van der Waals surface area contributed by atoms with Crippen molar-refractivity contribution in [3.63, 3.8) is 0 Å². The van der Waals surface area contributed by atoms with E-state index in [0.717, 1.165) is 31.5 Å². The Morgan fingerprint density at radius 3 is 3.09 bits per heavy atom. The van der Waals surface area contributed by atoms with Crippen LogP contribution in [0.1, 0.15) is 23.7 Å². The van der Waals surface area contributed by atoms with Crippen molar-refractivity contribution in [1.82, 2.24) is 10.2 Å². The Balaban J connectivity index is 1.84. The molecule has 22 heavy (non-hydrogen) atoms. The summed E-state index contributed by atoms with van der Waals surface area (Å²) in [5.41, 5.74) is 1.12. The number of amides is 2.